The number of benzene rings is 3. The summed E-state index contributed by atoms with van der Waals surface area (Å²) in [6.07, 6.45) is 1.26. The third kappa shape index (κ3) is 4.37. The quantitative estimate of drug-likeness (QED) is 0.402. The van der Waals surface area contributed by atoms with Crippen LogP contribution in [0.5, 0.6) is 0 Å². The molecule has 4 aromatic rings. The molecule has 162 valence electrons. The topological polar surface area (TPSA) is 67.2 Å². The van der Waals surface area contributed by atoms with Crippen LogP contribution in [-0.4, -0.2) is 17.9 Å². The summed E-state index contributed by atoms with van der Waals surface area (Å²) < 4.78 is 33.5. The Morgan fingerprint density at radius 2 is 1.53 bits per heavy atom. The summed E-state index contributed by atoms with van der Waals surface area (Å²) in [5.41, 5.74) is 3.03. The van der Waals surface area contributed by atoms with Crippen LogP contribution in [0.15, 0.2) is 77.4 Å². The predicted molar refractivity (Wildman–Crippen MR) is 119 cm³/mol. The molecule has 7 heteroatoms. The zero-order chi connectivity index (χ0) is 22.7. The predicted octanol–water partition coefficient (Wildman–Crippen LogP) is 5.82. The molecule has 32 heavy (non-hydrogen) atoms. The van der Waals surface area contributed by atoms with Gasteiger partial charge in [-0.25, -0.2) is 13.8 Å². The highest BCUT2D eigenvalue weighted by molar-refractivity contribution is 5.92. The second kappa shape index (κ2) is 9.01. The van der Waals surface area contributed by atoms with Gasteiger partial charge in [-0.3, -0.25) is 4.79 Å². The summed E-state index contributed by atoms with van der Waals surface area (Å²) in [6, 6.07) is 19.3. The summed E-state index contributed by atoms with van der Waals surface area (Å²) in [5.74, 6) is -1.66. The summed E-state index contributed by atoms with van der Waals surface area (Å²) in [5, 5.41) is 5.15. The van der Waals surface area contributed by atoms with Crippen molar-refractivity contribution in [2.24, 2.45) is 0 Å². The van der Waals surface area contributed by atoms with Gasteiger partial charge in [0.15, 0.2) is 5.69 Å². The van der Waals surface area contributed by atoms with Crippen LogP contribution in [0.3, 0.4) is 0 Å². The van der Waals surface area contributed by atoms with Crippen molar-refractivity contribution in [1.82, 2.24) is 10.3 Å². The van der Waals surface area contributed by atoms with Gasteiger partial charge in [0.2, 0.25) is 5.89 Å². The van der Waals surface area contributed by atoms with E-state index in [9.17, 15) is 13.6 Å². The Bertz CT molecular complexity index is 1210. The van der Waals surface area contributed by atoms with Crippen molar-refractivity contribution >= 4 is 11.6 Å². The molecule has 0 saturated carbocycles. The van der Waals surface area contributed by atoms with Gasteiger partial charge in [-0.2, -0.15) is 0 Å². The number of nitrogens with one attached hydrogen (secondary N) is 2. The monoisotopic (exact) mass is 433 g/mol. The van der Waals surface area contributed by atoms with Crippen LogP contribution in [0.25, 0.3) is 22.6 Å². The van der Waals surface area contributed by atoms with Crippen LogP contribution in [0.2, 0.25) is 0 Å². The largest absolute Gasteiger partial charge is 0.444 e. The first-order valence-corrected chi connectivity index (χ1v) is 10.0. The van der Waals surface area contributed by atoms with Crippen molar-refractivity contribution in [3.63, 3.8) is 0 Å². The fourth-order valence-corrected chi connectivity index (χ4v) is 3.38. The Kier molecular flexibility index (Phi) is 5.98. The van der Waals surface area contributed by atoms with E-state index in [0.717, 1.165) is 16.7 Å². The second-order valence-electron chi connectivity index (χ2n) is 7.29. The van der Waals surface area contributed by atoms with Crippen LogP contribution in [0.1, 0.15) is 29.0 Å². The molecule has 0 saturated heterocycles. The van der Waals surface area contributed by atoms with Crippen LogP contribution in [0, 0.1) is 11.6 Å². The minimum atomic E-state index is -0.730. The van der Waals surface area contributed by atoms with Gasteiger partial charge >= 0.3 is 0 Å². The number of carbonyl (C=O) groups is 1. The van der Waals surface area contributed by atoms with Crippen molar-refractivity contribution in [3.8, 4) is 22.6 Å². The van der Waals surface area contributed by atoms with Crippen molar-refractivity contribution < 1.29 is 18.0 Å². The maximum atomic E-state index is 14.0. The lowest BCUT2D eigenvalue weighted by Gasteiger charge is -2.15. The summed E-state index contributed by atoms with van der Waals surface area (Å²) in [4.78, 5) is 16.8. The van der Waals surface area contributed by atoms with Gasteiger partial charge in [0.05, 0.1) is 6.04 Å². The number of amides is 1. The third-order valence-corrected chi connectivity index (χ3v) is 5.14. The molecule has 1 aromatic heterocycles. The number of anilines is 1. The van der Waals surface area contributed by atoms with Crippen LogP contribution in [-0.2, 0) is 0 Å². The van der Waals surface area contributed by atoms with Crippen LogP contribution >= 0.6 is 0 Å². The van der Waals surface area contributed by atoms with E-state index in [1.165, 1.54) is 25.4 Å². The average Bonchev–Trinajstić information content (AvgIpc) is 3.30. The maximum Gasteiger partial charge on any atom is 0.273 e. The SMILES string of the molecule is CNc1c(F)cc(C(C)NC(=O)c2coc(-c3ccc(-c4ccccc4)cc3)n2)cc1F. The van der Waals surface area contributed by atoms with E-state index < -0.39 is 23.6 Å². The van der Waals surface area contributed by atoms with Gasteiger partial charge in [-0.05, 0) is 47.9 Å². The molecular weight excluding hydrogens is 412 g/mol. The molecule has 0 aliphatic heterocycles. The highest BCUT2D eigenvalue weighted by atomic mass is 19.1. The van der Waals surface area contributed by atoms with Gasteiger partial charge in [0, 0.05) is 12.6 Å². The molecule has 5 nitrogen and oxygen atoms in total. The minimum Gasteiger partial charge on any atom is -0.444 e. The Balaban J connectivity index is 1.47. The molecule has 1 amide bonds. The molecule has 0 aliphatic carbocycles. The molecule has 3 aromatic carbocycles. The standard InChI is InChI=1S/C25H21F2N3O2/c1-15(19-12-20(26)23(28-2)21(27)13-19)29-24(31)22-14-32-25(30-22)18-10-8-17(9-11-18)16-6-4-3-5-7-16/h3-15,28H,1-2H3,(H,29,31). The number of rotatable bonds is 6. The lowest BCUT2D eigenvalue weighted by molar-refractivity contribution is 0.0934. The van der Waals surface area contributed by atoms with E-state index in [4.69, 9.17) is 4.42 Å². The van der Waals surface area contributed by atoms with Crippen LogP contribution < -0.4 is 10.6 Å². The Morgan fingerprint density at radius 1 is 0.938 bits per heavy atom. The smallest absolute Gasteiger partial charge is 0.273 e. The molecule has 0 radical (unpaired) electrons. The molecule has 0 aliphatic rings. The minimum absolute atomic E-state index is 0.0757. The van der Waals surface area contributed by atoms with E-state index in [1.807, 2.05) is 54.6 Å². The molecule has 4 rings (SSSR count). The van der Waals surface area contributed by atoms with Crippen molar-refractivity contribution in [3.05, 3.63) is 95.9 Å². The van der Waals surface area contributed by atoms with Gasteiger partial charge in [0.25, 0.3) is 5.91 Å². The molecule has 2 N–H and O–H groups in total. The molecule has 0 bridgehead atoms. The van der Waals surface area contributed by atoms with E-state index in [1.54, 1.807) is 6.92 Å². The molecule has 1 unspecified atom stereocenters. The van der Waals surface area contributed by atoms with Crippen molar-refractivity contribution in [2.75, 3.05) is 12.4 Å². The zero-order valence-corrected chi connectivity index (χ0v) is 17.5. The molecule has 0 fully saturated rings. The summed E-state index contributed by atoms with van der Waals surface area (Å²) >= 11 is 0. The number of carbonyl (C=O) groups excluding carboxylic acids is 1. The molecule has 1 heterocycles. The normalized spacial score (nSPS) is 11.8. The second-order valence-corrected chi connectivity index (χ2v) is 7.29. The maximum absolute atomic E-state index is 14.0. The van der Waals surface area contributed by atoms with Gasteiger partial charge in [-0.1, -0.05) is 42.5 Å². The Morgan fingerprint density at radius 3 is 2.16 bits per heavy atom. The molecule has 1 atom stereocenters. The summed E-state index contributed by atoms with van der Waals surface area (Å²) in [6.45, 7) is 1.63. The fourth-order valence-electron chi connectivity index (χ4n) is 3.38. The van der Waals surface area contributed by atoms with E-state index >= 15 is 0 Å². The first-order chi connectivity index (χ1) is 15.5. The van der Waals surface area contributed by atoms with Crippen molar-refractivity contribution in [1.29, 1.82) is 0 Å². The first kappa shape index (κ1) is 21.2. The van der Waals surface area contributed by atoms with E-state index in [-0.39, 0.29) is 11.4 Å². The highest BCUT2D eigenvalue weighted by Gasteiger charge is 2.19. The number of halogens is 2. The lowest BCUT2D eigenvalue weighted by Crippen LogP contribution is -2.27. The number of hydrogen-bond acceptors (Lipinski definition) is 4. The van der Waals surface area contributed by atoms with E-state index in [2.05, 4.69) is 15.6 Å². The van der Waals surface area contributed by atoms with Gasteiger partial charge < -0.3 is 15.1 Å². The van der Waals surface area contributed by atoms with Crippen molar-refractivity contribution in [2.45, 2.75) is 13.0 Å². The number of nitrogens with zero attached hydrogens (tertiary/aromatic N) is 1. The van der Waals surface area contributed by atoms with Crippen LogP contribution in [0.4, 0.5) is 14.5 Å². The highest BCUT2D eigenvalue weighted by Crippen LogP contribution is 2.26. The lowest BCUT2D eigenvalue weighted by atomic mass is 10.0. The third-order valence-electron chi connectivity index (χ3n) is 5.14. The van der Waals surface area contributed by atoms with Gasteiger partial charge in [-0.15, -0.1) is 0 Å². The Labute approximate surface area is 184 Å². The zero-order valence-electron chi connectivity index (χ0n) is 17.5. The first-order valence-electron chi connectivity index (χ1n) is 10.0. The Hall–Kier alpha value is -4.00. The van der Waals surface area contributed by atoms with Gasteiger partial charge in [0.1, 0.15) is 23.6 Å². The number of aromatic nitrogens is 1. The fraction of sp³-hybridized carbons (Fsp3) is 0.120. The average molecular weight is 433 g/mol. The van der Waals surface area contributed by atoms with E-state index in [0.29, 0.717) is 11.5 Å². The summed E-state index contributed by atoms with van der Waals surface area (Å²) in [7, 11) is 1.43. The number of oxazole rings is 1. The molecular formula is C25H21F2N3O2. The number of hydrogen-bond donors (Lipinski definition) is 2. The molecule has 0 spiro atoms.